The minimum Gasteiger partial charge on any atom is -0.351 e. The predicted molar refractivity (Wildman–Crippen MR) is 117 cm³/mol. The van der Waals surface area contributed by atoms with Crippen LogP contribution in [-0.4, -0.2) is 29.9 Å². The fraction of sp³-hybridized carbons (Fsp3) is 0.391. The molecule has 3 amide bonds. The minimum atomic E-state index is -0.607. The number of likely N-dealkylation sites (tertiary alicyclic amines) is 1. The lowest BCUT2D eigenvalue weighted by atomic mass is 9.81. The van der Waals surface area contributed by atoms with Gasteiger partial charge in [0.25, 0.3) is 0 Å². The van der Waals surface area contributed by atoms with E-state index in [1.54, 1.807) is 17.0 Å². The van der Waals surface area contributed by atoms with E-state index in [-0.39, 0.29) is 11.9 Å². The third-order valence-electron chi connectivity index (χ3n) is 5.55. The number of benzene rings is 2. The number of aryl methyl sites for hydroxylation is 2. The second kappa shape index (κ2) is 8.87. The topological polar surface area (TPSA) is 61.4 Å². The number of hydrogen-bond donors (Lipinski definition) is 2. The van der Waals surface area contributed by atoms with E-state index >= 15 is 0 Å². The molecule has 1 atom stereocenters. The number of hydrogen-bond acceptors (Lipinski definition) is 2. The first kappa shape index (κ1) is 21.2. The Bertz CT molecular complexity index is 897. The molecule has 0 saturated carbocycles. The molecule has 2 aromatic rings. The van der Waals surface area contributed by atoms with Crippen molar-refractivity contribution in [3.8, 4) is 0 Å². The molecule has 1 heterocycles. The van der Waals surface area contributed by atoms with Crippen LogP contribution < -0.4 is 10.6 Å². The highest BCUT2D eigenvalue weighted by atomic mass is 35.5. The zero-order valence-electron chi connectivity index (χ0n) is 17.2. The molecule has 1 saturated heterocycles. The standard InChI is InChI=1S/C23H28ClN3O2/c1-16-5-8-18(9-6-16)14-25-21(28)23(3)11-4-12-27(15-23)22(29)26-20-13-19(24)10-7-17(20)2/h5-10,13H,4,11-12,14-15H2,1-3H3,(H,25,28)(H,26,29). The lowest BCUT2D eigenvalue weighted by Crippen LogP contribution is -2.52. The number of nitrogens with one attached hydrogen (secondary N) is 2. The number of halogens is 1. The maximum Gasteiger partial charge on any atom is 0.321 e. The van der Waals surface area contributed by atoms with Crippen LogP contribution >= 0.6 is 11.6 Å². The van der Waals surface area contributed by atoms with E-state index in [1.807, 2.05) is 51.1 Å². The van der Waals surface area contributed by atoms with Crippen molar-refractivity contribution in [3.63, 3.8) is 0 Å². The number of amides is 3. The monoisotopic (exact) mass is 413 g/mol. The number of carbonyl (C=O) groups excluding carboxylic acids is 2. The second-order valence-corrected chi connectivity index (χ2v) is 8.58. The van der Waals surface area contributed by atoms with Gasteiger partial charge in [0.15, 0.2) is 0 Å². The summed E-state index contributed by atoms with van der Waals surface area (Å²) in [7, 11) is 0. The van der Waals surface area contributed by atoms with Crippen LogP contribution in [0.1, 0.15) is 36.5 Å². The Labute approximate surface area is 177 Å². The van der Waals surface area contributed by atoms with E-state index in [0.29, 0.717) is 30.3 Å². The van der Waals surface area contributed by atoms with E-state index < -0.39 is 5.41 Å². The number of urea groups is 1. The van der Waals surface area contributed by atoms with Gasteiger partial charge in [0.2, 0.25) is 5.91 Å². The first-order valence-corrected chi connectivity index (χ1v) is 10.3. The van der Waals surface area contributed by atoms with Gasteiger partial charge in [0, 0.05) is 30.3 Å². The van der Waals surface area contributed by atoms with Crippen molar-refractivity contribution in [2.75, 3.05) is 18.4 Å². The highest BCUT2D eigenvalue weighted by Gasteiger charge is 2.39. The van der Waals surface area contributed by atoms with Gasteiger partial charge in [-0.3, -0.25) is 4.79 Å². The van der Waals surface area contributed by atoms with Crippen molar-refractivity contribution in [1.82, 2.24) is 10.2 Å². The Hall–Kier alpha value is -2.53. The summed E-state index contributed by atoms with van der Waals surface area (Å²) >= 11 is 6.05. The maximum absolute atomic E-state index is 12.9. The number of carbonyl (C=O) groups is 2. The summed E-state index contributed by atoms with van der Waals surface area (Å²) in [6.45, 7) is 7.40. The molecule has 1 unspecified atom stereocenters. The summed E-state index contributed by atoms with van der Waals surface area (Å²) in [6, 6.07) is 13.3. The average Bonchev–Trinajstić information content (AvgIpc) is 2.70. The zero-order valence-corrected chi connectivity index (χ0v) is 18.0. The molecule has 0 radical (unpaired) electrons. The summed E-state index contributed by atoms with van der Waals surface area (Å²) in [4.78, 5) is 27.4. The van der Waals surface area contributed by atoms with Crippen molar-refractivity contribution in [3.05, 3.63) is 64.2 Å². The molecule has 0 aliphatic carbocycles. The van der Waals surface area contributed by atoms with Crippen LogP contribution in [0.3, 0.4) is 0 Å². The van der Waals surface area contributed by atoms with Crippen LogP contribution in [0.4, 0.5) is 10.5 Å². The first-order valence-electron chi connectivity index (χ1n) is 9.93. The van der Waals surface area contributed by atoms with Crippen molar-refractivity contribution >= 4 is 29.2 Å². The number of anilines is 1. The van der Waals surface area contributed by atoms with Gasteiger partial charge < -0.3 is 15.5 Å². The highest BCUT2D eigenvalue weighted by molar-refractivity contribution is 6.31. The normalized spacial score (nSPS) is 19.0. The van der Waals surface area contributed by atoms with E-state index in [9.17, 15) is 9.59 Å². The molecule has 6 heteroatoms. The molecule has 29 heavy (non-hydrogen) atoms. The highest BCUT2D eigenvalue weighted by Crippen LogP contribution is 2.30. The van der Waals surface area contributed by atoms with Crippen LogP contribution in [-0.2, 0) is 11.3 Å². The molecule has 2 aromatic carbocycles. The van der Waals surface area contributed by atoms with Crippen molar-refractivity contribution in [1.29, 1.82) is 0 Å². The summed E-state index contributed by atoms with van der Waals surface area (Å²) in [5.41, 5.74) is 3.28. The number of rotatable bonds is 4. The zero-order chi connectivity index (χ0) is 21.0. The molecule has 5 nitrogen and oxygen atoms in total. The third-order valence-corrected chi connectivity index (χ3v) is 5.78. The lowest BCUT2D eigenvalue weighted by Gasteiger charge is -2.39. The molecule has 0 bridgehead atoms. The molecule has 2 N–H and O–H groups in total. The van der Waals surface area contributed by atoms with Gasteiger partial charge >= 0.3 is 6.03 Å². The van der Waals surface area contributed by atoms with Crippen molar-refractivity contribution in [2.45, 2.75) is 40.2 Å². The Morgan fingerprint density at radius 3 is 2.59 bits per heavy atom. The van der Waals surface area contributed by atoms with E-state index in [2.05, 4.69) is 10.6 Å². The Morgan fingerprint density at radius 2 is 1.86 bits per heavy atom. The van der Waals surface area contributed by atoms with Gasteiger partial charge in [-0.15, -0.1) is 0 Å². The van der Waals surface area contributed by atoms with Crippen LogP contribution in [0.25, 0.3) is 0 Å². The fourth-order valence-corrected chi connectivity index (χ4v) is 3.80. The summed E-state index contributed by atoms with van der Waals surface area (Å²) in [5, 5.41) is 6.54. The molecule has 0 spiro atoms. The Kier molecular flexibility index (Phi) is 6.48. The average molecular weight is 414 g/mol. The van der Waals surface area contributed by atoms with Gasteiger partial charge in [-0.1, -0.05) is 47.5 Å². The molecule has 1 aliphatic rings. The Balaban J connectivity index is 1.61. The fourth-order valence-electron chi connectivity index (χ4n) is 3.62. The van der Waals surface area contributed by atoms with Crippen molar-refractivity contribution in [2.24, 2.45) is 5.41 Å². The predicted octanol–water partition coefficient (Wildman–Crippen LogP) is 4.91. The summed E-state index contributed by atoms with van der Waals surface area (Å²) in [6.07, 6.45) is 1.54. The summed E-state index contributed by atoms with van der Waals surface area (Å²) in [5.74, 6) is -0.0190. The quantitative estimate of drug-likeness (QED) is 0.748. The van der Waals surface area contributed by atoms with Crippen LogP contribution in [0, 0.1) is 19.3 Å². The van der Waals surface area contributed by atoms with Crippen LogP contribution in [0.15, 0.2) is 42.5 Å². The van der Waals surface area contributed by atoms with Gasteiger partial charge in [-0.2, -0.15) is 0 Å². The van der Waals surface area contributed by atoms with Gasteiger partial charge in [0.05, 0.1) is 5.41 Å². The lowest BCUT2D eigenvalue weighted by molar-refractivity contribution is -0.132. The smallest absolute Gasteiger partial charge is 0.321 e. The van der Waals surface area contributed by atoms with E-state index in [1.165, 1.54) is 5.56 Å². The third kappa shape index (κ3) is 5.30. The van der Waals surface area contributed by atoms with Gasteiger partial charge in [-0.25, -0.2) is 4.79 Å². The second-order valence-electron chi connectivity index (χ2n) is 8.14. The molecule has 154 valence electrons. The molecule has 1 fully saturated rings. The number of piperidine rings is 1. The largest absolute Gasteiger partial charge is 0.351 e. The Morgan fingerprint density at radius 1 is 1.14 bits per heavy atom. The molecule has 1 aliphatic heterocycles. The summed E-state index contributed by atoms with van der Waals surface area (Å²) < 4.78 is 0. The number of nitrogens with zero attached hydrogens (tertiary/aromatic N) is 1. The van der Waals surface area contributed by atoms with E-state index in [4.69, 9.17) is 11.6 Å². The molecular formula is C23H28ClN3O2. The van der Waals surface area contributed by atoms with Crippen molar-refractivity contribution < 1.29 is 9.59 Å². The maximum atomic E-state index is 12.9. The molecule has 3 rings (SSSR count). The van der Waals surface area contributed by atoms with Crippen LogP contribution in [0.5, 0.6) is 0 Å². The van der Waals surface area contributed by atoms with Gasteiger partial charge in [0.1, 0.15) is 0 Å². The molecular weight excluding hydrogens is 386 g/mol. The molecule has 0 aromatic heterocycles. The van der Waals surface area contributed by atoms with Gasteiger partial charge in [-0.05, 0) is 56.9 Å². The minimum absolute atomic E-state index is 0.0190. The SMILES string of the molecule is Cc1ccc(CNC(=O)C2(C)CCCN(C(=O)Nc3cc(Cl)ccc3C)C2)cc1. The first-order chi connectivity index (χ1) is 13.8. The van der Waals surface area contributed by atoms with Crippen LogP contribution in [0.2, 0.25) is 5.02 Å². The van der Waals surface area contributed by atoms with E-state index in [0.717, 1.165) is 24.0 Å².